The summed E-state index contributed by atoms with van der Waals surface area (Å²) in [5.41, 5.74) is 5.86. The van der Waals surface area contributed by atoms with Crippen LogP contribution >= 0.6 is 15.9 Å². The Bertz CT molecular complexity index is 549. The lowest BCUT2D eigenvalue weighted by Crippen LogP contribution is -2.32. The minimum absolute atomic E-state index is 0.0598. The predicted molar refractivity (Wildman–Crippen MR) is 71.8 cm³/mol. The van der Waals surface area contributed by atoms with Crippen molar-refractivity contribution in [3.8, 4) is 12.3 Å². The van der Waals surface area contributed by atoms with Gasteiger partial charge in [-0.1, -0.05) is 15.9 Å². The Morgan fingerprint density at radius 1 is 1.59 bits per heavy atom. The largest absolute Gasteiger partial charge is 0.398 e. The Morgan fingerprint density at radius 3 is 2.76 bits per heavy atom. The smallest absolute Gasteiger partial charge is 0.242 e. The minimum atomic E-state index is -3.62. The molecule has 1 atom stereocenters. The summed E-state index contributed by atoms with van der Waals surface area (Å²) in [4.78, 5) is 0.0598. The molecule has 0 saturated carbocycles. The third-order valence-corrected chi connectivity index (χ3v) is 4.20. The maximum Gasteiger partial charge on any atom is 0.242 e. The Hall–Kier alpha value is -1.03. The lowest BCUT2D eigenvalue weighted by molar-refractivity contribution is 0.564. The van der Waals surface area contributed by atoms with E-state index in [2.05, 4.69) is 26.6 Å². The fraction of sp³-hybridized carbons (Fsp3) is 0.273. The molecular formula is C11H13BrN2O2S. The maximum absolute atomic E-state index is 12.0. The molecule has 0 aliphatic heterocycles. The van der Waals surface area contributed by atoms with Gasteiger partial charge in [0.2, 0.25) is 10.0 Å². The molecule has 0 aromatic heterocycles. The number of terminal acetylenes is 1. The van der Waals surface area contributed by atoms with Crippen LogP contribution in [0.15, 0.2) is 27.6 Å². The molecule has 1 aromatic rings. The van der Waals surface area contributed by atoms with Crippen LogP contribution in [0.2, 0.25) is 0 Å². The third-order valence-electron chi connectivity index (χ3n) is 2.04. The highest BCUT2D eigenvalue weighted by atomic mass is 79.9. The third kappa shape index (κ3) is 3.73. The molecule has 17 heavy (non-hydrogen) atoms. The van der Waals surface area contributed by atoms with Gasteiger partial charge in [-0.2, -0.15) is 0 Å². The van der Waals surface area contributed by atoms with Gasteiger partial charge in [0.05, 0.1) is 5.69 Å². The van der Waals surface area contributed by atoms with Gasteiger partial charge in [0.25, 0.3) is 0 Å². The highest BCUT2D eigenvalue weighted by molar-refractivity contribution is 9.10. The van der Waals surface area contributed by atoms with Crippen LogP contribution in [0.3, 0.4) is 0 Å². The number of benzene rings is 1. The second-order valence-corrected chi connectivity index (χ2v) is 6.21. The van der Waals surface area contributed by atoms with Crippen molar-refractivity contribution >= 4 is 31.6 Å². The van der Waals surface area contributed by atoms with Crippen LogP contribution in [0.1, 0.15) is 13.3 Å². The van der Waals surface area contributed by atoms with Gasteiger partial charge in [-0.25, -0.2) is 13.1 Å². The van der Waals surface area contributed by atoms with E-state index in [4.69, 9.17) is 12.2 Å². The molecule has 0 spiro atoms. The highest BCUT2D eigenvalue weighted by Crippen LogP contribution is 2.22. The second kappa shape index (κ2) is 5.54. The normalized spacial score (nSPS) is 13.0. The molecule has 0 aliphatic rings. The van der Waals surface area contributed by atoms with Crippen LogP contribution in [-0.2, 0) is 10.0 Å². The molecule has 0 heterocycles. The number of rotatable bonds is 4. The SMILES string of the molecule is C#CCC(C)NS(=O)(=O)c1ccc(Br)cc1N. The number of sulfonamides is 1. The van der Waals surface area contributed by atoms with Gasteiger partial charge in [0.1, 0.15) is 4.90 Å². The van der Waals surface area contributed by atoms with E-state index >= 15 is 0 Å². The number of nitrogens with two attached hydrogens (primary N) is 1. The Balaban J connectivity index is 3.02. The summed E-state index contributed by atoms with van der Waals surface area (Å²) in [6.07, 6.45) is 5.45. The van der Waals surface area contributed by atoms with E-state index in [1.807, 2.05) is 0 Å². The molecule has 3 N–H and O–H groups in total. The first-order valence-corrected chi connectivity index (χ1v) is 7.15. The van der Waals surface area contributed by atoms with E-state index in [0.717, 1.165) is 4.47 Å². The van der Waals surface area contributed by atoms with E-state index in [1.54, 1.807) is 19.1 Å². The molecule has 0 aliphatic carbocycles. The summed E-state index contributed by atoms with van der Waals surface area (Å²) in [6.45, 7) is 1.70. The average Bonchev–Trinajstić information content (AvgIpc) is 2.15. The van der Waals surface area contributed by atoms with Crippen molar-refractivity contribution in [3.05, 3.63) is 22.7 Å². The molecule has 4 nitrogen and oxygen atoms in total. The summed E-state index contributed by atoms with van der Waals surface area (Å²) >= 11 is 3.22. The molecular weight excluding hydrogens is 304 g/mol. The zero-order valence-electron chi connectivity index (χ0n) is 9.27. The lowest BCUT2D eigenvalue weighted by atomic mass is 10.3. The molecule has 0 saturated heterocycles. The molecule has 92 valence electrons. The first-order chi connectivity index (χ1) is 7.86. The number of hydrogen-bond acceptors (Lipinski definition) is 3. The Kier molecular flexibility index (Phi) is 4.57. The molecule has 0 fully saturated rings. The number of nitrogens with one attached hydrogen (secondary N) is 1. The first-order valence-electron chi connectivity index (χ1n) is 4.87. The van der Waals surface area contributed by atoms with E-state index in [9.17, 15) is 8.42 Å². The summed E-state index contributed by atoms with van der Waals surface area (Å²) < 4.78 is 27.1. The second-order valence-electron chi connectivity index (χ2n) is 3.61. The van der Waals surface area contributed by atoms with Crippen LogP contribution in [0.4, 0.5) is 5.69 Å². The number of halogens is 1. The molecule has 1 unspecified atom stereocenters. The quantitative estimate of drug-likeness (QED) is 0.656. The zero-order valence-corrected chi connectivity index (χ0v) is 11.7. The van der Waals surface area contributed by atoms with Crippen molar-refractivity contribution in [1.29, 1.82) is 0 Å². The summed E-state index contributed by atoms with van der Waals surface area (Å²) in [5, 5.41) is 0. The molecule has 6 heteroatoms. The van der Waals surface area contributed by atoms with Crippen molar-refractivity contribution in [1.82, 2.24) is 4.72 Å². The molecule has 0 amide bonds. The molecule has 1 rings (SSSR count). The predicted octanol–water partition coefficient (Wildman–Crippen LogP) is 1.72. The van der Waals surface area contributed by atoms with Gasteiger partial charge in [0, 0.05) is 16.9 Å². The van der Waals surface area contributed by atoms with Gasteiger partial charge in [-0.05, 0) is 25.1 Å². The van der Waals surface area contributed by atoms with Crippen molar-refractivity contribution < 1.29 is 8.42 Å². The van der Waals surface area contributed by atoms with Gasteiger partial charge in [0.15, 0.2) is 0 Å². The van der Waals surface area contributed by atoms with E-state index < -0.39 is 10.0 Å². The van der Waals surface area contributed by atoms with E-state index in [1.165, 1.54) is 6.07 Å². The fourth-order valence-electron chi connectivity index (χ4n) is 1.31. The van der Waals surface area contributed by atoms with Crippen molar-refractivity contribution in [2.75, 3.05) is 5.73 Å². The number of nitrogen functional groups attached to an aromatic ring is 1. The zero-order chi connectivity index (χ0) is 13.1. The van der Waals surface area contributed by atoms with E-state index in [-0.39, 0.29) is 16.6 Å². The monoisotopic (exact) mass is 316 g/mol. The highest BCUT2D eigenvalue weighted by Gasteiger charge is 2.19. The van der Waals surface area contributed by atoms with Crippen molar-refractivity contribution in [2.45, 2.75) is 24.3 Å². The molecule has 0 bridgehead atoms. The van der Waals surface area contributed by atoms with Crippen LogP contribution in [0, 0.1) is 12.3 Å². The van der Waals surface area contributed by atoms with Gasteiger partial charge >= 0.3 is 0 Å². The number of anilines is 1. The van der Waals surface area contributed by atoms with Crippen LogP contribution < -0.4 is 10.5 Å². The van der Waals surface area contributed by atoms with Crippen LogP contribution in [0.5, 0.6) is 0 Å². The Morgan fingerprint density at radius 2 is 2.24 bits per heavy atom. The topological polar surface area (TPSA) is 72.2 Å². The summed E-state index contributed by atoms with van der Waals surface area (Å²) in [7, 11) is -3.62. The molecule has 0 radical (unpaired) electrons. The van der Waals surface area contributed by atoms with E-state index in [0.29, 0.717) is 6.42 Å². The molecule has 1 aromatic carbocycles. The minimum Gasteiger partial charge on any atom is -0.398 e. The fourth-order valence-corrected chi connectivity index (χ4v) is 3.05. The van der Waals surface area contributed by atoms with Crippen LogP contribution in [-0.4, -0.2) is 14.5 Å². The standard InChI is InChI=1S/C11H13BrN2O2S/c1-3-4-8(2)14-17(15,16)11-6-5-9(12)7-10(11)13/h1,5-8,14H,4,13H2,2H3. The van der Waals surface area contributed by atoms with Crippen molar-refractivity contribution in [3.63, 3.8) is 0 Å². The van der Waals surface area contributed by atoms with Gasteiger partial charge < -0.3 is 5.73 Å². The van der Waals surface area contributed by atoms with Gasteiger partial charge in [-0.15, -0.1) is 12.3 Å². The summed E-state index contributed by atoms with van der Waals surface area (Å²) in [5.74, 6) is 2.40. The first kappa shape index (κ1) is 14.0. The Labute approximate surface area is 110 Å². The average molecular weight is 317 g/mol. The number of hydrogen-bond donors (Lipinski definition) is 2. The lowest BCUT2D eigenvalue weighted by Gasteiger charge is -2.13. The van der Waals surface area contributed by atoms with Crippen molar-refractivity contribution in [2.24, 2.45) is 0 Å². The van der Waals surface area contributed by atoms with Gasteiger partial charge in [-0.3, -0.25) is 0 Å². The maximum atomic E-state index is 12.0. The van der Waals surface area contributed by atoms with Crippen LogP contribution in [0.25, 0.3) is 0 Å². The summed E-state index contributed by atoms with van der Waals surface area (Å²) in [6, 6.07) is 4.29.